The topological polar surface area (TPSA) is 298 Å². The molecule has 0 aromatic heterocycles. The number of nitrogens with one attached hydrogen (secondary N) is 7. The molecule has 0 aliphatic carbocycles. The molecule has 3 atom stereocenters. The Hall–Kier alpha value is -3.23. The quantitative estimate of drug-likeness (QED) is 0.0123. The molecule has 1 saturated heterocycles. The summed E-state index contributed by atoms with van der Waals surface area (Å²) in [6.07, 6.45) is 1.70. The lowest BCUT2D eigenvalue weighted by molar-refractivity contribution is -0.140. The molecule has 0 saturated carbocycles. The van der Waals surface area contributed by atoms with Gasteiger partial charge in [0.15, 0.2) is 5.96 Å². The van der Waals surface area contributed by atoms with Gasteiger partial charge in [-0.1, -0.05) is 44.2 Å². The minimum atomic E-state index is -0.988. The SMILES string of the molecule is CC(C)[C@H](NN[C@@H](CCCNC(N)N)C(=O)C(=O)Cc1ccccc1)C(=O)C(=O)[C@H](CCCNC(N)N)NNCC1CCN(C(=N)N)CC1. The number of piperidine rings is 1. The van der Waals surface area contributed by atoms with E-state index in [4.69, 9.17) is 34.1 Å². The molecule has 17 N–H and O–H groups in total. The van der Waals surface area contributed by atoms with Crippen molar-refractivity contribution < 1.29 is 19.2 Å². The summed E-state index contributed by atoms with van der Waals surface area (Å²) in [7, 11) is 0. The van der Waals surface area contributed by atoms with Crippen LogP contribution in [0.5, 0.6) is 0 Å². The Kier molecular flexibility index (Phi) is 19.2. The third kappa shape index (κ3) is 15.9. The molecule has 49 heavy (non-hydrogen) atoms. The average Bonchev–Trinajstić information content (AvgIpc) is 3.06. The van der Waals surface area contributed by atoms with E-state index >= 15 is 0 Å². The van der Waals surface area contributed by atoms with Gasteiger partial charge in [-0.15, -0.1) is 0 Å². The second-order valence-corrected chi connectivity index (χ2v) is 12.9. The number of ketones is 4. The van der Waals surface area contributed by atoms with Gasteiger partial charge in [0, 0.05) is 26.1 Å². The highest BCUT2D eigenvalue weighted by molar-refractivity contribution is 6.41. The van der Waals surface area contributed by atoms with Crippen molar-refractivity contribution in [3.8, 4) is 0 Å². The fourth-order valence-electron chi connectivity index (χ4n) is 5.50. The molecule has 17 nitrogen and oxygen atoms in total. The Morgan fingerprint density at radius 1 is 0.816 bits per heavy atom. The number of guanidine groups is 1. The lowest BCUT2D eigenvalue weighted by Crippen LogP contribution is -2.59. The number of hydrazine groups is 2. The van der Waals surface area contributed by atoms with Gasteiger partial charge in [-0.3, -0.25) is 40.6 Å². The van der Waals surface area contributed by atoms with E-state index in [2.05, 4.69) is 32.3 Å². The van der Waals surface area contributed by atoms with Crippen LogP contribution in [0.3, 0.4) is 0 Å². The predicted molar refractivity (Wildman–Crippen MR) is 189 cm³/mol. The van der Waals surface area contributed by atoms with E-state index in [-0.39, 0.29) is 24.7 Å². The summed E-state index contributed by atoms with van der Waals surface area (Å²) in [5, 5.41) is 13.4. The molecule has 0 radical (unpaired) electrons. The van der Waals surface area contributed by atoms with E-state index in [0.29, 0.717) is 63.5 Å². The van der Waals surface area contributed by atoms with Crippen LogP contribution in [0.15, 0.2) is 30.3 Å². The zero-order valence-electron chi connectivity index (χ0n) is 28.9. The zero-order valence-corrected chi connectivity index (χ0v) is 28.9. The molecule has 1 aliphatic heterocycles. The second-order valence-electron chi connectivity index (χ2n) is 12.9. The first-order chi connectivity index (χ1) is 23.3. The maximum Gasteiger partial charge on any atom is 0.218 e. The van der Waals surface area contributed by atoms with Crippen LogP contribution in [0.2, 0.25) is 0 Å². The number of likely N-dealkylation sites (tertiary alicyclic amines) is 1. The fraction of sp³-hybridized carbons (Fsp3) is 0.656. The molecule has 1 aliphatic rings. The van der Waals surface area contributed by atoms with Gasteiger partial charge in [-0.2, -0.15) is 0 Å². The van der Waals surface area contributed by atoms with E-state index in [9.17, 15) is 19.2 Å². The normalized spacial score (nSPS) is 15.8. The Bertz CT molecular complexity index is 1180. The number of carbonyl (C=O) groups excluding carboxylic acids is 4. The smallest absolute Gasteiger partial charge is 0.218 e. The number of nitrogens with zero attached hydrogens (tertiary/aromatic N) is 1. The van der Waals surface area contributed by atoms with Crippen molar-refractivity contribution in [2.45, 2.75) is 89.5 Å². The molecule has 0 bridgehead atoms. The van der Waals surface area contributed by atoms with Gasteiger partial charge >= 0.3 is 0 Å². The molecule has 17 heteroatoms. The fourth-order valence-corrected chi connectivity index (χ4v) is 5.50. The van der Waals surface area contributed by atoms with Crippen molar-refractivity contribution in [3.63, 3.8) is 0 Å². The molecule has 2 rings (SSSR count). The van der Waals surface area contributed by atoms with Gasteiger partial charge in [0.05, 0.1) is 18.1 Å². The number of hydrogen-bond acceptors (Lipinski definition) is 15. The molecule has 1 heterocycles. The molecule has 0 unspecified atom stereocenters. The number of carbonyl (C=O) groups is 4. The maximum absolute atomic E-state index is 13.7. The second kappa shape index (κ2) is 22.5. The van der Waals surface area contributed by atoms with Crippen molar-refractivity contribution in [2.24, 2.45) is 40.5 Å². The lowest BCUT2D eigenvalue weighted by Gasteiger charge is -2.32. The van der Waals surface area contributed by atoms with Crippen molar-refractivity contribution in [1.82, 2.24) is 37.2 Å². The molecule has 1 fully saturated rings. The number of nitrogens with two attached hydrogens (primary N) is 5. The highest BCUT2D eigenvalue weighted by Crippen LogP contribution is 2.16. The van der Waals surface area contributed by atoms with Gasteiger partial charge in [0.1, 0.15) is 12.6 Å². The summed E-state index contributed by atoms with van der Waals surface area (Å²) in [6, 6.07) is 6.16. The lowest BCUT2D eigenvalue weighted by atomic mass is 9.93. The van der Waals surface area contributed by atoms with E-state index in [0.717, 1.165) is 12.8 Å². The van der Waals surface area contributed by atoms with Crippen LogP contribution in [-0.2, 0) is 25.6 Å². The summed E-state index contributed by atoms with van der Waals surface area (Å²) in [6.45, 7) is 6.35. The standard InChI is InChI=1S/C32H59N13O4/c1-20(2)26(44-43-23(10-6-14-39-30(33)34)27(47)25(46)18-21-8-4-3-5-9-21)29(49)28(48)24(11-7-15-40-31(35)36)42-41-19-22-12-16-45(17-13-22)32(37)38/h3-5,8-9,20,22-24,26,30-31,39-44H,6-7,10-19,33-36H2,1-2H3,(H3,37,38)/t23-,24-,26-/m0/s1. The minimum Gasteiger partial charge on any atom is -0.370 e. The molecular weight excluding hydrogens is 630 g/mol. The maximum atomic E-state index is 13.7. The minimum absolute atomic E-state index is 0.0603. The molecule has 1 aromatic carbocycles. The zero-order chi connectivity index (χ0) is 36.3. The first-order valence-electron chi connectivity index (χ1n) is 17.1. The Labute approximate surface area is 289 Å². The van der Waals surface area contributed by atoms with Gasteiger partial charge in [-0.05, 0) is 69.0 Å². The van der Waals surface area contributed by atoms with Crippen molar-refractivity contribution in [3.05, 3.63) is 35.9 Å². The Balaban J connectivity index is 2.10. The van der Waals surface area contributed by atoms with Crippen LogP contribution in [-0.4, -0.2) is 97.4 Å². The van der Waals surface area contributed by atoms with Gasteiger partial charge < -0.3 is 33.6 Å². The van der Waals surface area contributed by atoms with Crippen LogP contribution >= 0.6 is 0 Å². The third-order valence-electron chi connectivity index (χ3n) is 8.44. The monoisotopic (exact) mass is 689 g/mol. The first kappa shape index (κ1) is 41.9. The van der Waals surface area contributed by atoms with Crippen LogP contribution < -0.4 is 61.0 Å². The summed E-state index contributed by atoms with van der Waals surface area (Å²) < 4.78 is 0. The van der Waals surface area contributed by atoms with Crippen molar-refractivity contribution in [1.29, 1.82) is 5.41 Å². The van der Waals surface area contributed by atoms with Crippen LogP contribution in [0, 0.1) is 17.2 Å². The van der Waals surface area contributed by atoms with Crippen LogP contribution in [0.25, 0.3) is 0 Å². The van der Waals surface area contributed by atoms with Crippen molar-refractivity contribution >= 4 is 29.1 Å². The molecule has 0 spiro atoms. The highest BCUT2D eigenvalue weighted by Gasteiger charge is 2.34. The molecule has 1 aromatic rings. The average molecular weight is 690 g/mol. The Morgan fingerprint density at radius 2 is 1.37 bits per heavy atom. The number of Topliss-reactive ketones (excluding diaryl/α,β-unsaturated/α-hetero) is 4. The predicted octanol–water partition coefficient (Wildman–Crippen LogP) is -2.80. The molecule has 276 valence electrons. The highest BCUT2D eigenvalue weighted by atomic mass is 16.2. The largest absolute Gasteiger partial charge is 0.370 e. The van der Waals surface area contributed by atoms with Gasteiger partial charge in [0.25, 0.3) is 0 Å². The van der Waals surface area contributed by atoms with Gasteiger partial charge in [0.2, 0.25) is 23.1 Å². The van der Waals surface area contributed by atoms with E-state index in [1.807, 2.05) is 11.0 Å². The third-order valence-corrected chi connectivity index (χ3v) is 8.44. The molecular formula is C32H59N13O4. The summed E-state index contributed by atoms with van der Waals surface area (Å²) >= 11 is 0. The van der Waals surface area contributed by atoms with E-state index in [1.165, 1.54) is 0 Å². The van der Waals surface area contributed by atoms with E-state index < -0.39 is 53.8 Å². The number of hydrogen-bond donors (Lipinski definition) is 12. The summed E-state index contributed by atoms with van der Waals surface area (Å²) in [5.74, 6) is -2.50. The summed E-state index contributed by atoms with van der Waals surface area (Å²) in [5.41, 5.74) is 40.7. The van der Waals surface area contributed by atoms with Crippen LogP contribution in [0.4, 0.5) is 0 Å². The van der Waals surface area contributed by atoms with Gasteiger partial charge in [-0.25, -0.2) is 16.3 Å². The van der Waals surface area contributed by atoms with Crippen molar-refractivity contribution in [2.75, 3.05) is 32.7 Å². The summed E-state index contributed by atoms with van der Waals surface area (Å²) in [4.78, 5) is 55.6. The number of rotatable bonds is 25. The van der Waals surface area contributed by atoms with E-state index in [1.54, 1.807) is 38.1 Å². The first-order valence-corrected chi connectivity index (χ1v) is 17.1. The van der Waals surface area contributed by atoms with Crippen LogP contribution in [0.1, 0.15) is 57.9 Å². The number of benzene rings is 1. The molecule has 0 amide bonds. The Morgan fingerprint density at radius 3 is 1.88 bits per heavy atom.